The summed E-state index contributed by atoms with van der Waals surface area (Å²) in [5, 5.41) is 0. The molecule has 2 rings (SSSR count). The summed E-state index contributed by atoms with van der Waals surface area (Å²) < 4.78 is 0. The van der Waals surface area contributed by atoms with Crippen LogP contribution in [0.25, 0.3) is 0 Å². The molecule has 0 N–H and O–H groups in total. The molecule has 100 valence electrons. The number of nitrogens with zero attached hydrogens (tertiary/aromatic N) is 2. The molecule has 0 aromatic carbocycles. The zero-order valence-electron chi connectivity index (χ0n) is 12.6. The van der Waals surface area contributed by atoms with E-state index in [2.05, 4.69) is 51.3 Å². The predicted octanol–water partition coefficient (Wildman–Crippen LogP) is 2.69. The molecule has 0 aromatic rings. The molecular formula is C15H30N2. The molecule has 0 amide bonds. The topological polar surface area (TPSA) is 6.48 Å². The van der Waals surface area contributed by atoms with E-state index in [0.29, 0.717) is 11.0 Å². The first-order valence-corrected chi connectivity index (χ1v) is 7.12. The zero-order chi connectivity index (χ0) is 12.8. The molecule has 2 aliphatic heterocycles. The highest BCUT2D eigenvalue weighted by molar-refractivity contribution is 4.97. The molecule has 2 heteroatoms. The zero-order valence-corrected chi connectivity index (χ0v) is 12.6. The lowest BCUT2D eigenvalue weighted by molar-refractivity contribution is -0.0644. The molecule has 17 heavy (non-hydrogen) atoms. The van der Waals surface area contributed by atoms with Gasteiger partial charge < -0.3 is 4.90 Å². The quantitative estimate of drug-likeness (QED) is 0.730. The third-order valence-corrected chi connectivity index (χ3v) is 4.21. The molecule has 0 radical (unpaired) electrons. The molecule has 0 spiro atoms. The van der Waals surface area contributed by atoms with Crippen LogP contribution in [0.4, 0.5) is 0 Å². The summed E-state index contributed by atoms with van der Waals surface area (Å²) in [7, 11) is 0. The van der Waals surface area contributed by atoms with E-state index in [4.69, 9.17) is 0 Å². The summed E-state index contributed by atoms with van der Waals surface area (Å²) in [4.78, 5) is 5.24. The summed E-state index contributed by atoms with van der Waals surface area (Å²) in [5.41, 5.74) is 0.841. The van der Waals surface area contributed by atoms with Crippen LogP contribution in [0, 0.1) is 17.3 Å². The predicted molar refractivity (Wildman–Crippen MR) is 74.2 cm³/mol. The van der Waals surface area contributed by atoms with Crippen LogP contribution in [-0.4, -0.2) is 48.1 Å². The van der Waals surface area contributed by atoms with Gasteiger partial charge in [-0.1, -0.05) is 20.8 Å². The van der Waals surface area contributed by atoms with E-state index in [9.17, 15) is 0 Å². The SMILES string of the molecule is CC(C)(C)CN1CC(C2CN(C(C)(C)C)C2)C1. The van der Waals surface area contributed by atoms with Crippen LogP contribution in [0.2, 0.25) is 0 Å². The third-order valence-electron chi connectivity index (χ3n) is 4.21. The summed E-state index contributed by atoms with van der Waals surface area (Å²) in [6.45, 7) is 20.6. The molecule has 2 fully saturated rings. The molecule has 0 bridgehead atoms. The Balaban J connectivity index is 1.66. The van der Waals surface area contributed by atoms with Crippen LogP contribution in [0.3, 0.4) is 0 Å². The van der Waals surface area contributed by atoms with Gasteiger partial charge in [0.2, 0.25) is 0 Å². The number of hydrogen-bond donors (Lipinski definition) is 0. The van der Waals surface area contributed by atoms with Gasteiger partial charge in [0, 0.05) is 38.3 Å². The van der Waals surface area contributed by atoms with Crippen molar-refractivity contribution in [2.45, 2.75) is 47.1 Å². The van der Waals surface area contributed by atoms with Crippen molar-refractivity contribution in [1.82, 2.24) is 9.80 Å². The summed E-state index contributed by atoms with van der Waals surface area (Å²) in [6.07, 6.45) is 0. The van der Waals surface area contributed by atoms with Gasteiger partial charge in [-0.05, 0) is 38.0 Å². The van der Waals surface area contributed by atoms with Crippen molar-refractivity contribution in [3.63, 3.8) is 0 Å². The van der Waals surface area contributed by atoms with Gasteiger partial charge in [0.1, 0.15) is 0 Å². The second-order valence-corrected chi connectivity index (χ2v) is 8.35. The van der Waals surface area contributed by atoms with Crippen molar-refractivity contribution in [2.75, 3.05) is 32.7 Å². The highest BCUT2D eigenvalue weighted by atomic mass is 15.3. The maximum absolute atomic E-state index is 2.63. The Morgan fingerprint density at radius 1 is 0.824 bits per heavy atom. The summed E-state index contributed by atoms with van der Waals surface area (Å²) in [6, 6.07) is 0. The van der Waals surface area contributed by atoms with Crippen molar-refractivity contribution in [1.29, 1.82) is 0 Å². The Morgan fingerprint density at radius 2 is 1.29 bits per heavy atom. The van der Waals surface area contributed by atoms with Crippen LogP contribution in [0.1, 0.15) is 41.5 Å². The maximum Gasteiger partial charge on any atom is 0.0125 e. The van der Waals surface area contributed by atoms with Crippen molar-refractivity contribution in [2.24, 2.45) is 17.3 Å². The first kappa shape index (κ1) is 13.4. The third kappa shape index (κ3) is 3.23. The van der Waals surface area contributed by atoms with Crippen LogP contribution in [0.15, 0.2) is 0 Å². The molecule has 2 heterocycles. The Hall–Kier alpha value is -0.0800. The largest absolute Gasteiger partial charge is 0.302 e. The highest BCUT2D eigenvalue weighted by Crippen LogP contribution is 2.35. The maximum atomic E-state index is 2.63. The highest BCUT2D eigenvalue weighted by Gasteiger charge is 2.43. The second kappa shape index (κ2) is 4.24. The van der Waals surface area contributed by atoms with Gasteiger partial charge in [-0.2, -0.15) is 0 Å². The lowest BCUT2D eigenvalue weighted by atomic mass is 9.78. The van der Waals surface area contributed by atoms with E-state index in [1.165, 1.54) is 32.7 Å². The van der Waals surface area contributed by atoms with E-state index >= 15 is 0 Å². The van der Waals surface area contributed by atoms with Crippen molar-refractivity contribution < 1.29 is 0 Å². The molecule has 0 atom stereocenters. The molecule has 0 saturated carbocycles. The van der Waals surface area contributed by atoms with Gasteiger partial charge in [-0.25, -0.2) is 0 Å². The molecule has 0 aliphatic carbocycles. The van der Waals surface area contributed by atoms with Crippen LogP contribution < -0.4 is 0 Å². The standard InChI is InChI=1S/C15H30N2/c1-14(2,3)11-16-7-12(8-16)13-9-17(10-13)15(4,5)6/h12-13H,7-11H2,1-6H3. The molecule has 0 unspecified atom stereocenters. The fraction of sp³-hybridized carbons (Fsp3) is 1.00. The average Bonchev–Trinajstić information content (AvgIpc) is 1.90. The average molecular weight is 238 g/mol. The summed E-state index contributed by atoms with van der Waals surface area (Å²) >= 11 is 0. The summed E-state index contributed by atoms with van der Waals surface area (Å²) in [5.74, 6) is 1.96. The first-order chi connectivity index (χ1) is 7.65. The van der Waals surface area contributed by atoms with Gasteiger partial charge in [0.25, 0.3) is 0 Å². The minimum atomic E-state index is 0.380. The Bertz CT molecular complexity index is 260. The Labute approximate surface area is 107 Å². The lowest BCUT2D eigenvalue weighted by Crippen LogP contribution is -2.63. The number of rotatable bonds is 2. The van der Waals surface area contributed by atoms with E-state index in [1.807, 2.05) is 0 Å². The lowest BCUT2D eigenvalue weighted by Gasteiger charge is -2.55. The van der Waals surface area contributed by atoms with Crippen LogP contribution in [0.5, 0.6) is 0 Å². The number of hydrogen-bond acceptors (Lipinski definition) is 2. The van der Waals surface area contributed by atoms with E-state index in [0.717, 1.165) is 11.8 Å². The van der Waals surface area contributed by atoms with Gasteiger partial charge in [-0.3, -0.25) is 4.90 Å². The second-order valence-electron chi connectivity index (χ2n) is 8.35. The van der Waals surface area contributed by atoms with Crippen molar-refractivity contribution in [3.8, 4) is 0 Å². The van der Waals surface area contributed by atoms with Gasteiger partial charge in [0.05, 0.1) is 0 Å². The van der Waals surface area contributed by atoms with Crippen molar-refractivity contribution in [3.05, 3.63) is 0 Å². The minimum absolute atomic E-state index is 0.380. The fourth-order valence-corrected chi connectivity index (χ4v) is 3.07. The first-order valence-electron chi connectivity index (χ1n) is 7.12. The van der Waals surface area contributed by atoms with E-state index < -0.39 is 0 Å². The molecular weight excluding hydrogens is 208 g/mol. The van der Waals surface area contributed by atoms with Gasteiger partial charge in [0.15, 0.2) is 0 Å². The van der Waals surface area contributed by atoms with Crippen molar-refractivity contribution >= 4 is 0 Å². The van der Waals surface area contributed by atoms with Gasteiger partial charge >= 0.3 is 0 Å². The monoisotopic (exact) mass is 238 g/mol. The molecule has 2 aliphatic rings. The Morgan fingerprint density at radius 3 is 1.71 bits per heavy atom. The van der Waals surface area contributed by atoms with Gasteiger partial charge in [-0.15, -0.1) is 0 Å². The smallest absolute Gasteiger partial charge is 0.0125 e. The minimum Gasteiger partial charge on any atom is -0.302 e. The Kier molecular flexibility index (Phi) is 3.33. The molecule has 2 nitrogen and oxygen atoms in total. The van der Waals surface area contributed by atoms with E-state index in [1.54, 1.807) is 0 Å². The molecule has 0 aromatic heterocycles. The number of likely N-dealkylation sites (tertiary alicyclic amines) is 2. The van der Waals surface area contributed by atoms with Crippen LogP contribution in [-0.2, 0) is 0 Å². The normalized spacial score (nSPS) is 25.8. The molecule has 2 saturated heterocycles. The van der Waals surface area contributed by atoms with E-state index in [-0.39, 0.29) is 0 Å². The fourth-order valence-electron chi connectivity index (χ4n) is 3.07. The van der Waals surface area contributed by atoms with Crippen LogP contribution >= 0.6 is 0 Å².